The third kappa shape index (κ3) is 7.53. The number of fused-ring (bicyclic) bond motifs is 1. The number of piperidine rings is 1. The minimum Gasteiger partial charge on any atom is -0.335 e. The first-order valence-electron chi connectivity index (χ1n) is 13.9. The summed E-state index contributed by atoms with van der Waals surface area (Å²) in [5.41, 5.74) is 2.75. The zero-order chi connectivity index (χ0) is 30.1. The molecule has 5 rings (SSSR count). The van der Waals surface area contributed by atoms with Crippen molar-refractivity contribution in [3.63, 3.8) is 0 Å². The minimum absolute atomic E-state index is 0.163. The van der Waals surface area contributed by atoms with Gasteiger partial charge in [-0.2, -0.15) is 13.2 Å². The summed E-state index contributed by atoms with van der Waals surface area (Å²) in [5, 5.41) is 3.46. The van der Waals surface area contributed by atoms with Gasteiger partial charge in [0.2, 0.25) is 0 Å². The molecule has 0 radical (unpaired) electrons. The lowest BCUT2D eigenvalue weighted by molar-refractivity contribution is -0.189. The van der Waals surface area contributed by atoms with Crippen LogP contribution in [0.25, 0.3) is 10.9 Å². The highest BCUT2D eigenvalue weighted by molar-refractivity contribution is 5.94. The minimum atomic E-state index is -5.02. The summed E-state index contributed by atoms with van der Waals surface area (Å²) in [6.07, 6.45) is -2.52. The number of hydrogen-bond donors (Lipinski definition) is 1. The smallest absolute Gasteiger partial charge is 0.335 e. The van der Waals surface area contributed by atoms with E-state index in [9.17, 15) is 22.8 Å². The third-order valence-corrected chi connectivity index (χ3v) is 7.31. The lowest BCUT2D eigenvalue weighted by Gasteiger charge is -2.44. The summed E-state index contributed by atoms with van der Waals surface area (Å²) in [6.45, 7) is 0.0470. The van der Waals surface area contributed by atoms with Gasteiger partial charge in [0.25, 0.3) is 5.91 Å². The monoisotopic (exact) mass is 576 g/mol. The summed E-state index contributed by atoms with van der Waals surface area (Å²) in [5.74, 6) is -2.03. The van der Waals surface area contributed by atoms with Crippen molar-refractivity contribution in [2.24, 2.45) is 0 Å². The van der Waals surface area contributed by atoms with E-state index in [-0.39, 0.29) is 37.9 Å². The molecule has 3 aromatic carbocycles. The summed E-state index contributed by atoms with van der Waals surface area (Å²) >= 11 is 0. The Morgan fingerprint density at radius 2 is 1.55 bits per heavy atom. The first-order valence-corrected chi connectivity index (χ1v) is 13.9. The zero-order valence-electron chi connectivity index (χ0n) is 23.7. The van der Waals surface area contributed by atoms with Crippen molar-refractivity contribution in [2.75, 3.05) is 20.6 Å². The Bertz CT molecular complexity index is 1460. The fourth-order valence-electron chi connectivity index (χ4n) is 5.41. The molecule has 220 valence electrons. The molecule has 42 heavy (non-hydrogen) atoms. The van der Waals surface area contributed by atoms with E-state index < -0.39 is 18.1 Å². The lowest BCUT2D eigenvalue weighted by atomic mass is 9.90. The van der Waals surface area contributed by atoms with E-state index >= 15 is 0 Å². The quantitative estimate of drug-likeness (QED) is 0.312. The maximum Gasteiger partial charge on any atom is 0.471 e. The molecule has 6 nitrogen and oxygen atoms in total. The van der Waals surface area contributed by atoms with Crippen LogP contribution in [0.1, 0.15) is 34.3 Å². The molecule has 2 atom stereocenters. The summed E-state index contributed by atoms with van der Waals surface area (Å²) in [4.78, 5) is 33.3. The number of nitrogens with zero attached hydrogens (tertiary/aromatic N) is 3. The molecule has 2 amide bonds. The Hall–Kier alpha value is -4.24. The number of alkyl halides is 3. The Labute approximate surface area is 244 Å². The van der Waals surface area contributed by atoms with Crippen molar-refractivity contribution >= 4 is 22.7 Å². The molecule has 0 saturated carbocycles. The van der Waals surface area contributed by atoms with E-state index in [1.807, 2.05) is 56.6 Å². The van der Waals surface area contributed by atoms with Gasteiger partial charge in [0.05, 0.1) is 5.52 Å². The van der Waals surface area contributed by atoms with Crippen LogP contribution in [0, 0.1) is 0 Å². The molecule has 9 heteroatoms. The first-order chi connectivity index (χ1) is 20.2. The number of nitrogens with one attached hydrogen (secondary N) is 1. The van der Waals surface area contributed by atoms with Crippen LogP contribution in [0.15, 0.2) is 97.2 Å². The number of halogens is 3. The number of aromatic nitrogens is 1. The number of likely N-dealkylation sites (tertiary alicyclic amines) is 1. The fraction of sp³-hybridized carbons (Fsp3) is 0.303. The molecular formula is C33H35F3N4O2. The van der Waals surface area contributed by atoms with Gasteiger partial charge in [-0.3, -0.25) is 14.6 Å². The predicted octanol–water partition coefficient (Wildman–Crippen LogP) is 5.88. The molecule has 1 saturated heterocycles. The molecule has 1 aliphatic heterocycles. The van der Waals surface area contributed by atoms with Crippen LogP contribution in [0.2, 0.25) is 0 Å². The van der Waals surface area contributed by atoms with E-state index in [4.69, 9.17) is 0 Å². The molecule has 1 aliphatic rings. The second kappa shape index (κ2) is 14.1. The Balaban J connectivity index is 0.00000129. The van der Waals surface area contributed by atoms with E-state index in [0.29, 0.717) is 28.5 Å². The Kier molecular flexibility index (Phi) is 10.3. The Morgan fingerprint density at radius 1 is 0.929 bits per heavy atom. The number of benzene rings is 3. The van der Waals surface area contributed by atoms with E-state index in [0.717, 1.165) is 10.5 Å². The molecule has 2 heterocycles. The van der Waals surface area contributed by atoms with Gasteiger partial charge in [-0.25, -0.2) is 0 Å². The number of para-hydroxylation sites is 1. The van der Waals surface area contributed by atoms with Crippen molar-refractivity contribution < 1.29 is 22.8 Å². The molecule has 4 aromatic rings. The average Bonchev–Trinajstić information content (AvgIpc) is 3.00. The van der Waals surface area contributed by atoms with Crippen molar-refractivity contribution in [3.05, 3.63) is 114 Å². The third-order valence-electron chi connectivity index (χ3n) is 7.31. The highest BCUT2D eigenvalue weighted by atomic mass is 19.4. The predicted molar refractivity (Wildman–Crippen MR) is 158 cm³/mol. The average molecular weight is 577 g/mol. The number of carbonyl (C=O) groups is 2. The molecule has 1 N–H and O–H groups in total. The lowest BCUT2D eigenvalue weighted by Crippen LogP contribution is -2.55. The highest BCUT2D eigenvalue weighted by Gasteiger charge is 2.46. The van der Waals surface area contributed by atoms with Crippen molar-refractivity contribution in [1.29, 1.82) is 0 Å². The normalized spacial score (nSPS) is 16.8. The van der Waals surface area contributed by atoms with E-state index in [1.165, 1.54) is 0 Å². The highest BCUT2D eigenvalue weighted by Crippen LogP contribution is 2.31. The molecule has 1 aromatic heterocycles. The van der Waals surface area contributed by atoms with Gasteiger partial charge in [0.1, 0.15) is 0 Å². The molecule has 0 unspecified atom stereocenters. The Morgan fingerprint density at radius 3 is 2.21 bits per heavy atom. The zero-order valence-corrected chi connectivity index (χ0v) is 23.7. The van der Waals surface area contributed by atoms with Crippen LogP contribution < -0.4 is 5.32 Å². The number of amides is 2. The summed E-state index contributed by atoms with van der Waals surface area (Å²) in [7, 11) is 3.75. The topological polar surface area (TPSA) is 65.5 Å². The van der Waals surface area contributed by atoms with Crippen molar-refractivity contribution in [1.82, 2.24) is 20.1 Å². The number of pyridine rings is 1. The maximum atomic E-state index is 13.9. The second-order valence-electron chi connectivity index (χ2n) is 10.3. The van der Waals surface area contributed by atoms with Crippen LogP contribution in [0.5, 0.6) is 0 Å². The molecule has 1 fully saturated rings. The van der Waals surface area contributed by atoms with Gasteiger partial charge in [-0.05, 0) is 68.8 Å². The largest absolute Gasteiger partial charge is 0.471 e. The van der Waals surface area contributed by atoms with Gasteiger partial charge in [0.15, 0.2) is 0 Å². The standard InChI is InChI=1S/C31H28F3N3O2.C2H7N/c32-31(33,34)30(39)37(21-24-15-17-35-28-14-8-7-13-27(24)28)25-16-18-36(29(38)23-11-5-2-6-12-23)26(20-25)19-22-9-3-1-4-10-22;1-3-2/h1-15,17,25-26H,16,18-21H2;3H,1-2H3/t25-,26+;/m0./s1. The van der Waals surface area contributed by atoms with Gasteiger partial charge >= 0.3 is 12.1 Å². The van der Waals surface area contributed by atoms with Gasteiger partial charge < -0.3 is 15.1 Å². The number of hydrogen-bond acceptors (Lipinski definition) is 4. The summed E-state index contributed by atoms with van der Waals surface area (Å²) in [6, 6.07) is 26.2. The SMILES string of the molecule is CNC.O=C(c1ccccc1)N1CC[C@H](N(Cc2ccnc3ccccc23)C(=O)C(F)(F)F)C[C@H]1Cc1ccccc1. The molecule has 0 bridgehead atoms. The number of rotatable bonds is 6. The van der Waals surface area contributed by atoms with Gasteiger partial charge in [0, 0.05) is 42.3 Å². The summed E-state index contributed by atoms with van der Waals surface area (Å²) < 4.78 is 41.6. The van der Waals surface area contributed by atoms with Crippen LogP contribution in [0.4, 0.5) is 13.2 Å². The van der Waals surface area contributed by atoms with Crippen molar-refractivity contribution in [3.8, 4) is 0 Å². The fourth-order valence-corrected chi connectivity index (χ4v) is 5.41. The van der Waals surface area contributed by atoms with Gasteiger partial charge in [-0.1, -0.05) is 66.7 Å². The van der Waals surface area contributed by atoms with Crippen LogP contribution >= 0.6 is 0 Å². The van der Waals surface area contributed by atoms with Crippen molar-refractivity contribution in [2.45, 2.75) is 44.1 Å². The second-order valence-corrected chi connectivity index (χ2v) is 10.3. The van der Waals surface area contributed by atoms with Crippen LogP contribution in [0.3, 0.4) is 0 Å². The van der Waals surface area contributed by atoms with E-state index in [2.05, 4.69) is 10.3 Å². The first kappa shape index (κ1) is 30.7. The van der Waals surface area contributed by atoms with Crippen LogP contribution in [-0.4, -0.2) is 65.5 Å². The maximum absolute atomic E-state index is 13.9. The van der Waals surface area contributed by atoms with E-state index in [1.54, 1.807) is 59.6 Å². The molecule has 0 spiro atoms. The molecular weight excluding hydrogens is 541 g/mol. The number of carbonyl (C=O) groups excluding carboxylic acids is 2. The molecule has 0 aliphatic carbocycles. The van der Waals surface area contributed by atoms with Gasteiger partial charge in [-0.15, -0.1) is 0 Å². The van der Waals surface area contributed by atoms with Crippen LogP contribution in [-0.2, 0) is 17.8 Å².